The minimum Gasteiger partial charge on any atom is -0.497 e. The number of hydrogen-bond donors (Lipinski definition) is 1. The Hall–Kier alpha value is -3.22. The molecule has 0 aliphatic rings. The molecule has 0 atom stereocenters. The fourth-order valence-electron chi connectivity index (χ4n) is 3.00. The second-order valence-corrected chi connectivity index (χ2v) is 6.66. The quantitative estimate of drug-likeness (QED) is 0.736. The van der Waals surface area contributed by atoms with Gasteiger partial charge in [0.15, 0.2) is 0 Å². The third kappa shape index (κ3) is 5.19. The van der Waals surface area contributed by atoms with Gasteiger partial charge in [-0.25, -0.2) is 0 Å². The largest absolute Gasteiger partial charge is 0.497 e. The molecule has 0 bridgehead atoms. The summed E-state index contributed by atoms with van der Waals surface area (Å²) in [5.41, 5.74) is 2.27. The predicted octanol–water partition coefficient (Wildman–Crippen LogP) is 3.50. The maximum Gasteiger partial charge on any atom is 0.256 e. The average Bonchev–Trinajstić information content (AvgIpc) is 2.73. The number of ether oxygens (including phenoxy) is 2. The second kappa shape index (κ2) is 9.82. The van der Waals surface area contributed by atoms with Crippen LogP contribution in [0.25, 0.3) is 0 Å². The molecule has 0 aliphatic carbocycles. The lowest BCUT2D eigenvalue weighted by Gasteiger charge is -2.23. The molecule has 0 saturated heterocycles. The molecule has 0 heterocycles. The van der Waals surface area contributed by atoms with E-state index in [1.54, 1.807) is 35.2 Å². The van der Waals surface area contributed by atoms with Gasteiger partial charge in [-0.15, -0.1) is 0 Å². The van der Waals surface area contributed by atoms with Crippen LogP contribution in [0.15, 0.2) is 36.4 Å². The molecule has 0 spiro atoms. The molecule has 0 fully saturated rings. The van der Waals surface area contributed by atoms with E-state index < -0.39 is 0 Å². The van der Waals surface area contributed by atoms with Crippen molar-refractivity contribution in [3.05, 3.63) is 47.5 Å². The molecular weight excluding hydrogens is 370 g/mol. The number of amides is 2. The molecule has 0 aromatic heterocycles. The molecule has 1 N–H and O–H groups in total. The summed E-state index contributed by atoms with van der Waals surface area (Å²) >= 11 is 0. The van der Waals surface area contributed by atoms with E-state index in [9.17, 15) is 9.59 Å². The Bertz CT molecular complexity index is 854. The molecule has 0 radical (unpaired) electrons. The van der Waals surface area contributed by atoms with Crippen LogP contribution in [0.3, 0.4) is 0 Å². The summed E-state index contributed by atoms with van der Waals surface area (Å²) in [5.74, 6) is 0.656. The molecule has 29 heavy (non-hydrogen) atoms. The number of anilines is 2. The first-order chi connectivity index (χ1) is 13.8. The van der Waals surface area contributed by atoms with E-state index >= 15 is 0 Å². The smallest absolute Gasteiger partial charge is 0.256 e. The first-order valence-electron chi connectivity index (χ1n) is 9.49. The van der Waals surface area contributed by atoms with Crippen molar-refractivity contribution < 1.29 is 19.1 Å². The van der Waals surface area contributed by atoms with Crippen LogP contribution in [0.4, 0.5) is 11.4 Å². The van der Waals surface area contributed by atoms with Crippen LogP contribution in [0.2, 0.25) is 0 Å². The van der Waals surface area contributed by atoms with Crippen LogP contribution in [-0.4, -0.2) is 58.1 Å². The van der Waals surface area contributed by atoms with Crippen LogP contribution in [0.5, 0.6) is 11.5 Å². The van der Waals surface area contributed by atoms with Gasteiger partial charge < -0.3 is 24.6 Å². The van der Waals surface area contributed by atoms with E-state index in [1.165, 1.54) is 14.2 Å². The van der Waals surface area contributed by atoms with Crippen LogP contribution in [0.1, 0.15) is 34.6 Å². The van der Waals surface area contributed by atoms with Crippen LogP contribution < -0.4 is 19.7 Å². The fourth-order valence-corrected chi connectivity index (χ4v) is 3.00. The lowest BCUT2D eigenvalue weighted by molar-refractivity contribution is 0.0773. The molecule has 2 rings (SSSR count). The summed E-state index contributed by atoms with van der Waals surface area (Å²) in [7, 11) is 6.83. The number of methoxy groups -OCH3 is 2. The summed E-state index contributed by atoms with van der Waals surface area (Å²) in [6, 6.07) is 10.3. The third-order valence-electron chi connectivity index (χ3n) is 4.63. The number of hydrogen-bond acceptors (Lipinski definition) is 5. The molecule has 156 valence electrons. The van der Waals surface area contributed by atoms with E-state index in [0.29, 0.717) is 41.4 Å². The maximum atomic E-state index is 13.0. The maximum absolute atomic E-state index is 13.0. The van der Waals surface area contributed by atoms with Crippen molar-refractivity contribution in [3.8, 4) is 11.5 Å². The summed E-state index contributed by atoms with van der Waals surface area (Å²) in [5, 5.41) is 2.86. The summed E-state index contributed by atoms with van der Waals surface area (Å²) in [6.45, 7) is 5.11. The molecule has 0 aliphatic heterocycles. The Morgan fingerprint density at radius 3 is 2.00 bits per heavy atom. The molecule has 0 unspecified atom stereocenters. The highest BCUT2D eigenvalue weighted by Gasteiger charge is 2.19. The van der Waals surface area contributed by atoms with E-state index in [0.717, 1.165) is 5.69 Å². The monoisotopic (exact) mass is 399 g/mol. The van der Waals surface area contributed by atoms with Crippen LogP contribution in [-0.2, 0) is 0 Å². The Balaban J connectivity index is 2.37. The lowest BCUT2D eigenvalue weighted by Crippen LogP contribution is -2.31. The molecular formula is C22H29N3O4. The van der Waals surface area contributed by atoms with Gasteiger partial charge in [0.2, 0.25) is 0 Å². The summed E-state index contributed by atoms with van der Waals surface area (Å²) < 4.78 is 10.5. The molecule has 2 aromatic carbocycles. The number of nitrogens with zero attached hydrogens (tertiary/aromatic N) is 2. The van der Waals surface area contributed by atoms with Crippen LogP contribution >= 0.6 is 0 Å². The highest BCUT2D eigenvalue weighted by molar-refractivity contribution is 6.06. The fraction of sp³-hybridized carbons (Fsp3) is 0.364. The average molecular weight is 399 g/mol. The van der Waals surface area contributed by atoms with Gasteiger partial charge in [0, 0.05) is 50.2 Å². The third-order valence-corrected chi connectivity index (χ3v) is 4.63. The van der Waals surface area contributed by atoms with E-state index in [4.69, 9.17) is 9.47 Å². The van der Waals surface area contributed by atoms with E-state index in [2.05, 4.69) is 5.32 Å². The number of carbonyl (C=O) groups is 2. The van der Waals surface area contributed by atoms with Gasteiger partial charge >= 0.3 is 0 Å². The first-order valence-corrected chi connectivity index (χ1v) is 9.49. The minimum atomic E-state index is -0.318. The van der Waals surface area contributed by atoms with Crippen molar-refractivity contribution in [3.63, 3.8) is 0 Å². The zero-order valence-corrected chi connectivity index (χ0v) is 17.9. The molecule has 2 amide bonds. The van der Waals surface area contributed by atoms with Gasteiger partial charge in [-0.05, 0) is 44.2 Å². The molecule has 7 nitrogen and oxygen atoms in total. The van der Waals surface area contributed by atoms with Crippen molar-refractivity contribution in [2.45, 2.75) is 13.8 Å². The summed E-state index contributed by atoms with van der Waals surface area (Å²) in [6.07, 6.45) is 0. The van der Waals surface area contributed by atoms with Gasteiger partial charge in [-0.1, -0.05) is 0 Å². The zero-order chi connectivity index (χ0) is 21.6. The normalized spacial score (nSPS) is 10.3. The Morgan fingerprint density at radius 2 is 1.52 bits per heavy atom. The van der Waals surface area contributed by atoms with Crippen molar-refractivity contribution in [1.29, 1.82) is 0 Å². The van der Waals surface area contributed by atoms with Gasteiger partial charge in [0.1, 0.15) is 11.5 Å². The van der Waals surface area contributed by atoms with Gasteiger partial charge in [0.05, 0.1) is 19.8 Å². The van der Waals surface area contributed by atoms with Gasteiger partial charge in [-0.2, -0.15) is 0 Å². The Kier molecular flexibility index (Phi) is 7.47. The highest BCUT2D eigenvalue weighted by atomic mass is 16.5. The topological polar surface area (TPSA) is 71.1 Å². The van der Waals surface area contributed by atoms with E-state index in [-0.39, 0.29) is 11.8 Å². The second-order valence-electron chi connectivity index (χ2n) is 6.66. The number of rotatable bonds is 8. The predicted molar refractivity (Wildman–Crippen MR) is 116 cm³/mol. The molecule has 0 saturated carbocycles. The zero-order valence-electron chi connectivity index (χ0n) is 17.9. The van der Waals surface area contributed by atoms with Gasteiger partial charge in [0.25, 0.3) is 11.8 Å². The minimum absolute atomic E-state index is 0.0714. The van der Waals surface area contributed by atoms with Crippen molar-refractivity contribution in [2.24, 2.45) is 0 Å². The standard InChI is InChI=1S/C22H29N3O4/c1-7-25(8-2)22(27)19-13-16(9-10-20(19)24(3)4)23-21(26)15-11-17(28-5)14-18(12-15)29-6/h9-14H,7-8H2,1-6H3,(H,23,26). The Morgan fingerprint density at radius 1 is 0.931 bits per heavy atom. The van der Waals surface area contributed by atoms with Crippen molar-refractivity contribution in [1.82, 2.24) is 4.90 Å². The Labute approximate surface area is 172 Å². The molecule has 2 aromatic rings. The SMILES string of the molecule is CCN(CC)C(=O)c1cc(NC(=O)c2cc(OC)cc(OC)c2)ccc1N(C)C. The highest BCUT2D eigenvalue weighted by Crippen LogP contribution is 2.26. The van der Waals surface area contributed by atoms with Crippen molar-refractivity contribution >= 4 is 23.2 Å². The summed E-state index contributed by atoms with van der Waals surface area (Å²) in [4.78, 5) is 29.4. The number of benzene rings is 2. The first kappa shape index (κ1) is 22.1. The lowest BCUT2D eigenvalue weighted by atomic mass is 10.1. The van der Waals surface area contributed by atoms with E-state index in [1.807, 2.05) is 38.9 Å². The van der Waals surface area contributed by atoms with Crippen molar-refractivity contribution in [2.75, 3.05) is 51.6 Å². The number of nitrogens with one attached hydrogen (secondary N) is 1. The van der Waals surface area contributed by atoms with Gasteiger partial charge in [-0.3, -0.25) is 9.59 Å². The number of carbonyl (C=O) groups excluding carboxylic acids is 2. The van der Waals surface area contributed by atoms with Crippen LogP contribution in [0, 0.1) is 0 Å². The molecule has 7 heteroatoms.